The standard InChI is InChI=1S/C22H24N2O2/c1-22(15-7-5-4-6-8-15,18-11-9-16(23)13-20(18)25-2)19-12-10-17(24)14-21(19)26-3/h4-14H,23-24H2,1-3H3. The first-order valence-corrected chi connectivity index (χ1v) is 8.44. The van der Waals surface area contributed by atoms with Crippen molar-refractivity contribution >= 4 is 11.4 Å². The molecule has 0 spiro atoms. The van der Waals surface area contributed by atoms with Crippen molar-refractivity contribution in [3.63, 3.8) is 0 Å². The minimum atomic E-state index is -0.515. The predicted molar refractivity (Wildman–Crippen MR) is 107 cm³/mol. The normalized spacial score (nSPS) is 11.2. The third-order valence-electron chi connectivity index (χ3n) is 4.88. The number of rotatable bonds is 5. The molecule has 3 aromatic carbocycles. The van der Waals surface area contributed by atoms with E-state index in [0.717, 1.165) is 28.2 Å². The Morgan fingerprint density at radius 3 is 1.58 bits per heavy atom. The van der Waals surface area contributed by atoms with Crippen LogP contribution in [-0.2, 0) is 5.41 Å². The van der Waals surface area contributed by atoms with Gasteiger partial charge in [0.25, 0.3) is 0 Å². The maximum absolute atomic E-state index is 5.98. The minimum Gasteiger partial charge on any atom is -0.496 e. The Hall–Kier alpha value is -3.14. The van der Waals surface area contributed by atoms with Gasteiger partial charge in [-0.3, -0.25) is 0 Å². The molecular formula is C22H24N2O2. The third-order valence-corrected chi connectivity index (χ3v) is 4.88. The van der Waals surface area contributed by atoms with Crippen molar-refractivity contribution in [3.8, 4) is 11.5 Å². The molecule has 0 atom stereocenters. The summed E-state index contributed by atoms with van der Waals surface area (Å²) >= 11 is 0. The lowest BCUT2D eigenvalue weighted by Crippen LogP contribution is -2.27. The summed E-state index contributed by atoms with van der Waals surface area (Å²) in [4.78, 5) is 0. The zero-order chi connectivity index (χ0) is 18.7. The molecule has 0 saturated heterocycles. The van der Waals surface area contributed by atoms with Crippen LogP contribution in [0.1, 0.15) is 23.6 Å². The summed E-state index contributed by atoms with van der Waals surface area (Å²) in [7, 11) is 3.31. The van der Waals surface area contributed by atoms with E-state index in [1.807, 2.05) is 54.6 Å². The lowest BCUT2D eigenvalue weighted by Gasteiger charge is -2.34. The number of hydrogen-bond acceptors (Lipinski definition) is 4. The molecule has 0 saturated carbocycles. The van der Waals surface area contributed by atoms with Crippen molar-refractivity contribution in [2.75, 3.05) is 25.7 Å². The first-order chi connectivity index (χ1) is 12.5. The number of nitrogens with two attached hydrogens (primary N) is 2. The van der Waals surface area contributed by atoms with Gasteiger partial charge in [0, 0.05) is 40.0 Å². The van der Waals surface area contributed by atoms with E-state index in [-0.39, 0.29) is 0 Å². The largest absolute Gasteiger partial charge is 0.496 e. The molecule has 0 aliphatic heterocycles. The molecule has 3 rings (SSSR count). The van der Waals surface area contributed by atoms with Gasteiger partial charge in [0.05, 0.1) is 14.2 Å². The molecule has 4 nitrogen and oxygen atoms in total. The molecule has 4 N–H and O–H groups in total. The average molecular weight is 348 g/mol. The van der Waals surface area contributed by atoms with Gasteiger partial charge < -0.3 is 20.9 Å². The van der Waals surface area contributed by atoms with Gasteiger partial charge in [0.1, 0.15) is 11.5 Å². The van der Waals surface area contributed by atoms with Crippen LogP contribution in [0.25, 0.3) is 0 Å². The summed E-state index contributed by atoms with van der Waals surface area (Å²) in [5, 5.41) is 0. The molecule has 0 radical (unpaired) electrons. The highest BCUT2D eigenvalue weighted by atomic mass is 16.5. The highest BCUT2D eigenvalue weighted by molar-refractivity contribution is 5.63. The van der Waals surface area contributed by atoms with Gasteiger partial charge in [0.2, 0.25) is 0 Å². The van der Waals surface area contributed by atoms with E-state index in [0.29, 0.717) is 11.4 Å². The van der Waals surface area contributed by atoms with Gasteiger partial charge in [-0.2, -0.15) is 0 Å². The second-order valence-electron chi connectivity index (χ2n) is 6.41. The summed E-state index contributed by atoms with van der Waals surface area (Å²) in [5.74, 6) is 1.46. The summed E-state index contributed by atoms with van der Waals surface area (Å²) in [6.45, 7) is 2.16. The maximum atomic E-state index is 5.98. The van der Waals surface area contributed by atoms with Gasteiger partial charge in [-0.25, -0.2) is 0 Å². The van der Waals surface area contributed by atoms with E-state index in [9.17, 15) is 0 Å². The van der Waals surface area contributed by atoms with E-state index in [1.165, 1.54) is 0 Å². The van der Waals surface area contributed by atoms with E-state index >= 15 is 0 Å². The molecule has 0 heterocycles. The molecule has 3 aromatic rings. The van der Waals surface area contributed by atoms with E-state index in [4.69, 9.17) is 20.9 Å². The molecule has 0 fully saturated rings. The van der Waals surface area contributed by atoms with E-state index < -0.39 is 5.41 Å². The summed E-state index contributed by atoms with van der Waals surface area (Å²) in [5.41, 5.74) is 15.9. The zero-order valence-corrected chi connectivity index (χ0v) is 15.3. The Morgan fingerprint density at radius 2 is 1.15 bits per heavy atom. The van der Waals surface area contributed by atoms with Gasteiger partial charge in [-0.1, -0.05) is 42.5 Å². The predicted octanol–water partition coefficient (Wildman–Crippen LogP) is 4.22. The number of anilines is 2. The maximum Gasteiger partial charge on any atom is 0.125 e. The van der Waals surface area contributed by atoms with Gasteiger partial charge in [0.15, 0.2) is 0 Å². The van der Waals surface area contributed by atoms with Crippen LogP contribution < -0.4 is 20.9 Å². The van der Waals surface area contributed by atoms with Crippen LogP contribution in [-0.4, -0.2) is 14.2 Å². The van der Waals surface area contributed by atoms with Crippen LogP contribution >= 0.6 is 0 Å². The van der Waals surface area contributed by atoms with Crippen molar-refractivity contribution < 1.29 is 9.47 Å². The number of methoxy groups -OCH3 is 2. The second kappa shape index (κ2) is 7.00. The Balaban J connectivity index is 2.36. The second-order valence-corrected chi connectivity index (χ2v) is 6.41. The Bertz CT molecular complexity index is 854. The van der Waals surface area contributed by atoms with E-state index in [2.05, 4.69) is 19.1 Å². The molecule has 0 aliphatic rings. The fourth-order valence-electron chi connectivity index (χ4n) is 3.47. The van der Waals surface area contributed by atoms with Crippen molar-refractivity contribution in [3.05, 3.63) is 83.4 Å². The zero-order valence-electron chi connectivity index (χ0n) is 15.3. The molecular weight excluding hydrogens is 324 g/mol. The summed E-state index contributed by atoms with van der Waals surface area (Å²) in [6, 6.07) is 21.8. The molecule has 26 heavy (non-hydrogen) atoms. The number of nitrogen functional groups attached to an aromatic ring is 2. The number of ether oxygens (including phenoxy) is 2. The lowest BCUT2D eigenvalue weighted by atomic mass is 9.70. The molecule has 134 valence electrons. The Kier molecular flexibility index (Phi) is 4.76. The van der Waals surface area contributed by atoms with Crippen molar-refractivity contribution in [1.82, 2.24) is 0 Å². The SMILES string of the molecule is COc1cc(N)ccc1C(C)(c1ccccc1)c1ccc(N)cc1OC. The first kappa shape index (κ1) is 17.7. The molecule has 0 aromatic heterocycles. The summed E-state index contributed by atoms with van der Waals surface area (Å²) in [6.07, 6.45) is 0. The summed E-state index contributed by atoms with van der Waals surface area (Å²) < 4.78 is 11.3. The smallest absolute Gasteiger partial charge is 0.125 e. The van der Waals surface area contributed by atoms with Crippen LogP contribution in [0.3, 0.4) is 0 Å². The van der Waals surface area contributed by atoms with Crippen molar-refractivity contribution in [2.24, 2.45) is 0 Å². The molecule has 0 aliphatic carbocycles. The molecule has 0 bridgehead atoms. The fraction of sp³-hybridized carbons (Fsp3) is 0.182. The monoisotopic (exact) mass is 348 g/mol. The lowest BCUT2D eigenvalue weighted by molar-refractivity contribution is 0.392. The molecule has 0 amide bonds. The van der Waals surface area contributed by atoms with Crippen LogP contribution in [0.15, 0.2) is 66.7 Å². The highest BCUT2D eigenvalue weighted by Gasteiger charge is 2.36. The fourth-order valence-corrected chi connectivity index (χ4v) is 3.47. The number of hydrogen-bond donors (Lipinski definition) is 2. The Morgan fingerprint density at radius 1 is 0.692 bits per heavy atom. The van der Waals surface area contributed by atoms with Crippen molar-refractivity contribution in [2.45, 2.75) is 12.3 Å². The Labute approximate surface area is 154 Å². The van der Waals surface area contributed by atoms with Crippen LogP contribution in [0.4, 0.5) is 11.4 Å². The number of benzene rings is 3. The van der Waals surface area contributed by atoms with Crippen LogP contribution in [0.2, 0.25) is 0 Å². The van der Waals surface area contributed by atoms with Gasteiger partial charge in [-0.05, 0) is 24.6 Å². The highest BCUT2D eigenvalue weighted by Crippen LogP contribution is 2.46. The molecule has 4 heteroatoms. The van der Waals surface area contributed by atoms with Crippen molar-refractivity contribution in [1.29, 1.82) is 0 Å². The minimum absolute atomic E-state index is 0.515. The van der Waals surface area contributed by atoms with Gasteiger partial charge in [-0.15, -0.1) is 0 Å². The molecule has 0 unspecified atom stereocenters. The van der Waals surface area contributed by atoms with Crippen LogP contribution in [0, 0.1) is 0 Å². The average Bonchev–Trinajstić information content (AvgIpc) is 2.67. The third kappa shape index (κ3) is 2.94. The quantitative estimate of drug-likeness (QED) is 0.535. The topological polar surface area (TPSA) is 70.5 Å². The first-order valence-electron chi connectivity index (χ1n) is 8.44. The van der Waals surface area contributed by atoms with E-state index in [1.54, 1.807) is 14.2 Å². The van der Waals surface area contributed by atoms with Crippen LogP contribution in [0.5, 0.6) is 11.5 Å². The van der Waals surface area contributed by atoms with Gasteiger partial charge >= 0.3 is 0 Å².